The smallest absolute Gasteiger partial charge is 0.241 e. The van der Waals surface area contributed by atoms with Crippen molar-refractivity contribution in [3.63, 3.8) is 0 Å². The molecule has 1 atom stereocenters. The summed E-state index contributed by atoms with van der Waals surface area (Å²) in [6.45, 7) is 3.54. The molecular formula is C14H20FNO3S. The summed E-state index contributed by atoms with van der Waals surface area (Å²) in [6.07, 6.45) is 1.55. The molecule has 0 amide bonds. The largest absolute Gasteiger partial charge is 0.393 e. The third kappa shape index (κ3) is 3.19. The molecule has 0 saturated heterocycles. The van der Waals surface area contributed by atoms with Crippen LogP contribution in [0.4, 0.5) is 4.39 Å². The summed E-state index contributed by atoms with van der Waals surface area (Å²) in [5, 5.41) is 9.33. The lowest BCUT2D eigenvalue weighted by molar-refractivity contribution is 0.0277. The molecule has 1 aromatic carbocycles. The van der Waals surface area contributed by atoms with Gasteiger partial charge in [0.15, 0.2) is 0 Å². The molecule has 20 heavy (non-hydrogen) atoms. The first-order valence-electron chi connectivity index (χ1n) is 6.80. The number of hydrogen-bond donors (Lipinski definition) is 2. The van der Waals surface area contributed by atoms with Gasteiger partial charge in [0.25, 0.3) is 0 Å². The second-order valence-electron chi connectivity index (χ2n) is 5.43. The van der Waals surface area contributed by atoms with Crippen LogP contribution in [-0.4, -0.2) is 25.7 Å². The minimum atomic E-state index is -3.74. The van der Waals surface area contributed by atoms with Gasteiger partial charge in [-0.05, 0) is 49.8 Å². The van der Waals surface area contributed by atoms with Crippen LogP contribution in [0.25, 0.3) is 0 Å². The van der Waals surface area contributed by atoms with Crippen LogP contribution < -0.4 is 4.72 Å². The van der Waals surface area contributed by atoms with Crippen molar-refractivity contribution in [2.75, 3.05) is 0 Å². The molecule has 0 radical (unpaired) electrons. The maximum atomic E-state index is 13.3. The third-order valence-electron chi connectivity index (χ3n) is 3.90. The number of halogens is 1. The molecule has 1 unspecified atom stereocenters. The maximum Gasteiger partial charge on any atom is 0.241 e. The summed E-state index contributed by atoms with van der Waals surface area (Å²) in [5.74, 6) is -0.415. The predicted molar refractivity (Wildman–Crippen MR) is 74.3 cm³/mol. The van der Waals surface area contributed by atoms with E-state index in [0.29, 0.717) is 24.8 Å². The molecule has 1 aliphatic rings. The number of hydrogen-bond acceptors (Lipinski definition) is 3. The molecule has 4 nitrogen and oxygen atoms in total. The van der Waals surface area contributed by atoms with Crippen LogP contribution in [-0.2, 0) is 10.0 Å². The van der Waals surface area contributed by atoms with Gasteiger partial charge in [0.2, 0.25) is 10.0 Å². The van der Waals surface area contributed by atoms with Gasteiger partial charge in [-0.25, -0.2) is 17.5 Å². The van der Waals surface area contributed by atoms with Gasteiger partial charge in [0.05, 0.1) is 11.0 Å². The normalized spacial score (nSPS) is 24.2. The molecular weight excluding hydrogens is 281 g/mol. The molecule has 112 valence electrons. The van der Waals surface area contributed by atoms with Crippen LogP contribution in [0.2, 0.25) is 0 Å². The van der Waals surface area contributed by atoms with E-state index in [0.717, 1.165) is 6.07 Å². The Bertz CT molecular complexity index is 582. The second-order valence-corrected chi connectivity index (χ2v) is 7.11. The average molecular weight is 301 g/mol. The van der Waals surface area contributed by atoms with Gasteiger partial charge < -0.3 is 5.11 Å². The number of sulfonamides is 1. The van der Waals surface area contributed by atoms with Crippen molar-refractivity contribution in [3.05, 3.63) is 29.6 Å². The fraction of sp³-hybridized carbons (Fsp3) is 0.571. The molecule has 6 heteroatoms. The Morgan fingerprint density at radius 1 is 1.45 bits per heavy atom. The Morgan fingerprint density at radius 2 is 2.10 bits per heavy atom. The number of nitrogens with one attached hydrogen (secondary N) is 1. The van der Waals surface area contributed by atoms with Crippen LogP contribution in [0, 0.1) is 18.7 Å². The van der Waals surface area contributed by atoms with Crippen LogP contribution in [0.3, 0.4) is 0 Å². The first kappa shape index (κ1) is 15.4. The number of rotatable bonds is 5. The van der Waals surface area contributed by atoms with Gasteiger partial charge >= 0.3 is 0 Å². The summed E-state index contributed by atoms with van der Waals surface area (Å²) in [5.41, 5.74) is 0.516. The Hall–Kier alpha value is -0.980. The quantitative estimate of drug-likeness (QED) is 0.873. The zero-order valence-electron chi connectivity index (χ0n) is 11.6. The molecule has 2 rings (SSSR count). The first-order chi connectivity index (χ1) is 9.33. The molecule has 0 heterocycles. The van der Waals surface area contributed by atoms with Gasteiger partial charge in [-0.1, -0.05) is 13.0 Å². The van der Waals surface area contributed by atoms with E-state index in [4.69, 9.17) is 0 Å². The number of aliphatic hydroxyl groups excluding tert-OH is 1. The summed E-state index contributed by atoms with van der Waals surface area (Å²) in [6, 6.07) is 3.53. The fourth-order valence-corrected chi connectivity index (χ4v) is 4.24. The lowest BCUT2D eigenvalue weighted by atomic mass is 9.77. The zero-order chi connectivity index (χ0) is 14.9. The van der Waals surface area contributed by atoms with Gasteiger partial charge in [-0.2, -0.15) is 0 Å². The number of aryl methyl sites for hydroxylation is 1. The second kappa shape index (κ2) is 5.79. The van der Waals surface area contributed by atoms with Crippen LogP contribution in [0.15, 0.2) is 23.1 Å². The number of benzene rings is 1. The highest BCUT2D eigenvalue weighted by Crippen LogP contribution is 2.32. The molecule has 0 bridgehead atoms. The van der Waals surface area contributed by atoms with Crippen molar-refractivity contribution in [3.8, 4) is 0 Å². The molecule has 0 spiro atoms. The van der Waals surface area contributed by atoms with Gasteiger partial charge in [-0.15, -0.1) is 0 Å². The van der Waals surface area contributed by atoms with Crippen LogP contribution in [0.5, 0.6) is 0 Å². The first-order valence-corrected chi connectivity index (χ1v) is 8.28. The highest BCUT2D eigenvalue weighted by molar-refractivity contribution is 7.89. The lowest BCUT2D eigenvalue weighted by Gasteiger charge is -2.37. The van der Waals surface area contributed by atoms with Crippen molar-refractivity contribution in [2.45, 2.75) is 50.2 Å². The molecule has 1 aromatic rings. The molecule has 1 aliphatic carbocycles. The van der Waals surface area contributed by atoms with E-state index in [1.807, 2.05) is 6.92 Å². The summed E-state index contributed by atoms with van der Waals surface area (Å²) < 4.78 is 40.6. The van der Waals surface area contributed by atoms with E-state index in [1.54, 1.807) is 6.92 Å². The van der Waals surface area contributed by atoms with Crippen molar-refractivity contribution >= 4 is 10.0 Å². The molecule has 1 fully saturated rings. The summed E-state index contributed by atoms with van der Waals surface area (Å²) >= 11 is 0. The molecule has 2 N–H and O–H groups in total. The minimum absolute atomic E-state index is 0.0178. The van der Waals surface area contributed by atoms with E-state index in [9.17, 15) is 17.9 Å². The Labute approximate surface area is 119 Å². The SMILES string of the molecule is CCC(NS(=O)(=O)c1cc(F)ccc1C)C1CC(O)C1. The standard InChI is InChI=1S/C14H20FNO3S/c1-3-13(10-6-12(17)7-10)16-20(18,19)14-8-11(15)5-4-9(14)2/h4-5,8,10,12-13,16-17H,3,6-7H2,1-2H3. The highest BCUT2D eigenvalue weighted by Gasteiger charge is 2.35. The van der Waals surface area contributed by atoms with Crippen LogP contribution in [0.1, 0.15) is 31.7 Å². The van der Waals surface area contributed by atoms with Crippen molar-refractivity contribution in [2.24, 2.45) is 5.92 Å². The van der Waals surface area contributed by atoms with Gasteiger partial charge in [-0.3, -0.25) is 0 Å². The Morgan fingerprint density at radius 3 is 2.65 bits per heavy atom. The van der Waals surface area contributed by atoms with E-state index >= 15 is 0 Å². The molecule has 0 aromatic heterocycles. The lowest BCUT2D eigenvalue weighted by Crippen LogP contribution is -2.46. The molecule has 0 aliphatic heterocycles. The maximum absolute atomic E-state index is 13.3. The summed E-state index contributed by atoms with van der Waals surface area (Å²) in [4.78, 5) is -0.0178. The summed E-state index contributed by atoms with van der Waals surface area (Å²) in [7, 11) is -3.74. The van der Waals surface area contributed by atoms with E-state index < -0.39 is 15.8 Å². The van der Waals surface area contributed by atoms with Crippen molar-refractivity contribution in [1.82, 2.24) is 4.72 Å². The van der Waals surface area contributed by atoms with Crippen molar-refractivity contribution in [1.29, 1.82) is 0 Å². The number of aliphatic hydroxyl groups is 1. The van der Waals surface area contributed by atoms with E-state index in [-0.39, 0.29) is 23.0 Å². The molecule has 1 saturated carbocycles. The minimum Gasteiger partial charge on any atom is -0.393 e. The fourth-order valence-electron chi connectivity index (χ4n) is 2.60. The monoisotopic (exact) mass is 301 g/mol. The van der Waals surface area contributed by atoms with Gasteiger partial charge in [0.1, 0.15) is 5.82 Å². The predicted octanol–water partition coefficient (Wildman–Crippen LogP) is 1.96. The topological polar surface area (TPSA) is 66.4 Å². The van der Waals surface area contributed by atoms with E-state index in [1.165, 1.54) is 12.1 Å². The Balaban J connectivity index is 2.19. The average Bonchev–Trinajstić information content (AvgIpc) is 2.35. The van der Waals surface area contributed by atoms with Gasteiger partial charge in [0, 0.05) is 6.04 Å². The zero-order valence-corrected chi connectivity index (χ0v) is 12.5. The third-order valence-corrected chi connectivity index (χ3v) is 5.54. The van der Waals surface area contributed by atoms with Crippen LogP contribution >= 0.6 is 0 Å². The van der Waals surface area contributed by atoms with E-state index in [2.05, 4.69) is 4.72 Å². The van der Waals surface area contributed by atoms with Crippen molar-refractivity contribution < 1.29 is 17.9 Å². The highest BCUT2D eigenvalue weighted by atomic mass is 32.2. The Kier molecular flexibility index (Phi) is 4.46.